The SMILES string of the molecule is Cc1cccc(-c2nc(N)c3cc(Cl)ccc3n2)c1C. The number of nitrogens with two attached hydrogens (primary N) is 1. The van der Waals surface area contributed by atoms with Crippen molar-refractivity contribution in [3.63, 3.8) is 0 Å². The van der Waals surface area contributed by atoms with Gasteiger partial charge in [-0.15, -0.1) is 0 Å². The highest BCUT2D eigenvalue weighted by Crippen LogP contribution is 2.28. The second-order valence-electron chi connectivity index (χ2n) is 4.84. The average Bonchev–Trinajstić information content (AvgIpc) is 2.42. The highest BCUT2D eigenvalue weighted by Gasteiger charge is 2.10. The second-order valence-corrected chi connectivity index (χ2v) is 5.28. The van der Waals surface area contributed by atoms with E-state index < -0.39 is 0 Å². The Morgan fingerprint density at radius 3 is 2.65 bits per heavy atom. The van der Waals surface area contributed by atoms with Crippen molar-refractivity contribution < 1.29 is 0 Å². The van der Waals surface area contributed by atoms with Gasteiger partial charge < -0.3 is 5.73 Å². The van der Waals surface area contributed by atoms with Crippen molar-refractivity contribution in [3.05, 3.63) is 52.5 Å². The van der Waals surface area contributed by atoms with Crippen molar-refractivity contribution in [1.29, 1.82) is 0 Å². The van der Waals surface area contributed by atoms with E-state index in [-0.39, 0.29) is 0 Å². The Bertz CT molecular complexity index is 812. The van der Waals surface area contributed by atoms with E-state index in [0.717, 1.165) is 16.5 Å². The molecule has 0 saturated carbocycles. The Morgan fingerprint density at radius 1 is 1.05 bits per heavy atom. The molecule has 0 radical (unpaired) electrons. The summed E-state index contributed by atoms with van der Waals surface area (Å²) in [5.74, 6) is 1.10. The van der Waals surface area contributed by atoms with Crippen molar-refractivity contribution in [2.45, 2.75) is 13.8 Å². The smallest absolute Gasteiger partial charge is 0.162 e. The van der Waals surface area contributed by atoms with E-state index in [0.29, 0.717) is 16.7 Å². The summed E-state index contributed by atoms with van der Waals surface area (Å²) in [6, 6.07) is 11.6. The zero-order valence-corrected chi connectivity index (χ0v) is 12.1. The molecule has 0 fully saturated rings. The number of hydrogen-bond donors (Lipinski definition) is 1. The van der Waals surface area contributed by atoms with Crippen LogP contribution < -0.4 is 5.73 Å². The van der Waals surface area contributed by atoms with Gasteiger partial charge in [-0.2, -0.15) is 0 Å². The van der Waals surface area contributed by atoms with E-state index in [4.69, 9.17) is 17.3 Å². The van der Waals surface area contributed by atoms with E-state index in [9.17, 15) is 0 Å². The summed E-state index contributed by atoms with van der Waals surface area (Å²) in [5, 5.41) is 1.42. The second kappa shape index (κ2) is 4.76. The molecule has 2 N–H and O–H groups in total. The van der Waals surface area contributed by atoms with E-state index >= 15 is 0 Å². The first-order chi connectivity index (χ1) is 9.56. The number of aromatic nitrogens is 2. The topological polar surface area (TPSA) is 51.8 Å². The van der Waals surface area contributed by atoms with Gasteiger partial charge in [-0.1, -0.05) is 29.8 Å². The molecule has 0 amide bonds. The number of fused-ring (bicyclic) bond motifs is 1. The molecule has 3 nitrogen and oxygen atoms in total. The fraction of sp³-hybridized carbons (Fsp3) is 0.125. The van der Waals surface area contributed by atoms with Crippen molar-refractivity contribution >= 4 is 28.3 Å². The maximum atomic E-state index is 6.04. The fourth-order valence-corrected chi connectivity index (χ4v) is 2.41. The summed E-state index contributed by atoms with van der Waals surface area (Å²) < 4.78 is 0. The van der Waals surface area contributed by atoms with Gasteiger partial charge in [0.1, 0.15) is 5.82 Å². The number of halogens is 1. The molecule has 0 aliphatic carbocycles. The van der Waals surface area contributed by atoms with Gasteiger partial charge in [-0.05, 0) is 43.2 Å². The lowest BCUT2D eigenvalue weighted by Crippen LogP contribution is -1.99. The predicted molar refractivity (Wildman–Crippen MR) is 83.9 cm³/mol. The van der Waals surface area contributed by atoms with Crippen molar-refractivity contribution in [3.8, 4) is 11.4 Å². The number of nitrogens with zero attached hydrogens (tertiary/aromatic N) is 2. The maximum Gasteiger partial charge on any atom is 0.162 e. The summed E-state index contributed by atoms with van der Waals surface area (Å²) >= 11 is 5.98. The van der Waals surface area contributed by atoms with Crippen molar-refractivity contribution in [2.24, 2.45) is 0 Å². The van der Waals surface area contributed by atoms with Crippen LogP contribution in [0.4, 0.5) is 5.82 Å². The van der Waals surface area contributed by atoms with E-state index in [1.54, 1.807) is 6.07 Å². The summed E-state index contributed by atoms with van der Waals surface area (Å²) in [4.78, 5) is 9.02. The molecule has 1 heterocycles. The van der Waals surface area contributed by atoms with Gasteiger partial charge in [0.25, 0.3) is 0 Å². The molecular formula is C16H14ClN3. The third kappa shape index (κ3) is 2.10. The van der Waals surface area contributed by atoms with Crippen LogP contribution in [0.1, 0.15) is 11.1 Å². The summed E-state index contributed by atoms with van der Waals surface area (Å²) in [7, 11) is 0. The van der Waals surface area contributed by atoms with Crippen LogP contribution in [0.25, 0.3) is 22.3 Å². The van der Waals surface area contributed by atoms with Crippen LogP contribution in [0.15, 0.2) is 36.4 Å². The zero-order valence-electron chi connectivity index (χ0n) is 11.3. The van der Waals surface area contributed by atoms with Crippen LogP contribution in [0.3, 0.4) is 0 Å². The van der Waals surface area contributed by atoms with Gasteiger partial charge in [0.15, 0.2) is 5.82 Å². The number of benzene rings is 2. The third-order valence-corrected chi connectivity index (χ3v) is 3.77. The molecule has 1 aromatic heterocycles. The van der Waals surface area contributed by atoms with Gasteiger partial charge in [0.05, 0.1) is 5.52 Å². The van der Waals surface area contributed by atoms with Crippen LogP contribution in [-0.4, -0.2) is 9.97 Å². The fourth-order valence-electron chi connectivity index (χ4n) is 2.24. The molecule has 2 aromatic carbocycles. The average molecular weight is 284 g/mol. The minimum absolute atomic E-state index is 0.452. The van der Waals surface area contributed by atoms with Gasteiger partial charge in [-0.3, -0.25) is 0 Å². The Labute approximate surface area is 122 Å². The van der Waals surface area contributed by atoms with Crippen molar-refractivity contribution in [2.75, 3.05) is 5.73 Å². The molecule has 0 aliphatic rings. The molecule has 0 saturated heterocycles. The van der Waals surface area contributed by atoms with Crippen LogP contribution in [-0.2, 0) is 0 Å². The van der Waals surface area contributed by atoms with Crippen LogP contribution in [0.2, 0.25) is 5.02 Å². The molecule has 20 heavy (non-hydrogen) atoms. The summed E-state index contributed by atoms with van der Waals surface area (Å²) in [6.45, 7) is 4.14. The van der Waals surface area contributed by atoms with E-state index in [1.807, 2.05) is 24.3 Å². The zero-order chi connectivity index (χ0) is 14.3. The Balaban J connectivity index is 2.28. The summed E-state index contributed by atoms with van der Waals surface area (Å²) in [6.07, 6.45) is 0. The normalized spacial score (nSPS) is 10.9. The molecule has 3 rings (SSSR count). The van der Waals surface area contributed by atoms with Gasteiger partial charge >= 0.3 is 0 Å². The first-order valence-corrected chi connectivity index (χ1v) is 6.73. The highest BCUT2D eigenvalue weighted by atomic mass is 35.5. The molecule has 4 heteroatoms. The Hall–Kier alpha value is -2.13. The van der Waals surface area contributed by atoms with E-state index in [1.165, 1.54) is 11.1 Å². The first-order valence-electron chi connectivity index (χ1n) is 6.35. The van der Waals surface area contributed by atoms with Crippen molar-refractivity contribution in [1.82, 2.24) is 9.97 Å². The van der Waals surface area contributed by atoms with E-state index in [2.05, 4.69) is 29.9 Å². The Kier molecular flexibility index (Phi) is 3.07. The predicted octanol–water partition coefficient (Wildman–Crippen LogP) is 4.15. The number of hydrogen-bond acceptors (Lipinski definition) is 3. The molecule has 100 valence electrons. The lowest BCUT2D eigenvalue weighted by atomic mass is 10.0. The van der Waals surface area contributed by atoms with Gasteiger partial charge in [0, 0.05) is 16.0 Å². The molecule has 0 aliphatic heterocycles. The monoisotopic (exact) mass is 283 g/mol. The number of aryl methyl sites for hydroxylation is 1. The summed E-state index contributed by atoms with van der Waals surface area (Å²) in [5.41, 5.74) is 10.2. The first kappa shape index (κ1) is 12.9. The van der Waals surface area contributed by atoms with Gasteiger partial charge in [-0.25, -0.2) is 9.97 Å². The largest absolute Gasteiger partial charge is 0.383 e. The minimum Gasteiger partial charge on any atom is -0.383 e. The molecule has 0 unspecified atom stereocenters. The molecule has 0 bridgehead atoms. The Morgan fingerprint density at radius 2 is 1.85 bits per heavy atom. The van der Waals surface area contributed by atoms with Crippen LogP contribution >= 0.6 is 11.6 Å². The number of nitrogen functional groups attached to an aromatic ring is 1. The van der Waals surface area contributed by atoms with Gasteiger partial charge in [0.2, 0.25) is 0 Å². The lowest BCUT2D eigenvalue weighted by Gasteiger charge is -2.09. The molecule has 3 aromatic rings. The quantitative estimate of drug-likeness (QED) is 0.730. The third-order valence-electron chi connectivity index (χ3n) is 3.53. The highest BCUT2D eigenvalue weighted by molar-refractivity contribution is 6.31. The number of anilines is 1. The molecule has 0 spiro atoms. The molecular weight excluding hydrogens is 270 g/mol. The number of rotatable bonds is 1. The van der Waals surface area contributed by atoms with Crippen LogP contribution in [0.5, 0.6) is 0 Å². The maximum absolute atomic E-state index is 6.04. The lowest BCUT2D eigenvalue weighted by molar-refractivity contribution is 1.21. The van der Waals surface area contributed by atoms with Crippen LogP contribution in [0, 0.1) is 13.8 Å². The molecule has 0 atom stereocenters. The standard InChI is InChI=1S/C16H14ClN3/c1-9-4-3-5-12(10(9)2)16-19-14-7-6-11(17)8-13(14)15(18)20-16/h3-8H,1-2H3,(H2,18,19,20). The minimum atomic E-state index is 0.452.